The van der Waals surface area contributed by atoms with Crippen LogP contribution in [-0.2, 0) is 14.8 Å². The molecule has 0 amide bonds. The topological polar surface area (TPSA) is 178 Å². The van der Waals surface area contributed by atoms with Gasteiger partial charge in [0.1, 0.15) is 0 Å². The Kier molecular flexibility index (Phi) is 11.1. The number of rotatable bonds is 13. The van der Waals surface area contributed by atoms with Gasteiger partial charge in [0.25, 0.3) is 15.9 Å². The van der Waals surface area contributed by atoms with Gasteiger partial charge in [-0.1, -0.05) is 30.0 Å². The van der Waals surface area contributed by atoms with Gasteiger partial charge < -0.3 is 38.1 Å². The maximum Gasteiger partial charge on any atom is 0.324 e. The number of aryl methyl sites for hydroxylation is 1. The van der Waals surface area contributed by atoms with Crippen LogP contribution in [0.1, 0.15) is 5.56 Å². The molecule has 1 fully saturated rings. The monoisotopic (exact) mass is 679 g/mol. The number of methoxy groups -OCH3 is 3. The zero-order chi connectivity index (χ0) is 33.9. The molecule has 1 saturated heterocycles. The van der Waals surface area contributed by atoms with Crippen molar-refractivity contribution in [3.63, 3.8) is 0 Å². The Morgan fingerprint density at radius 3 is 2.21 bits per heavy atom. The molecule has 1 aromatic carbocycles. The van der Waals surface area contributed by atoms with E-state index in [2.05, 4.69) is 41.5 Å². The molecule has 0 radical (unpaired) electrons. The number of ether oxygens (including phenoxy) is 7. The molecule has 5 rings (SSSR count). The fourth-order valence-electron chi connectivity index (χ4n) is 4.15. The molecule has 1 N–H and O–H groups in total. The lowest BCUT2D eigenvalue weighted by Crippen LogP contribution is -2.37. The van der Waals surface area contributed by atoms with E-state index in [9.17, 15) is 8.42 Å². The number of hydrogen-bond acceptors (Lipinski definition) is 15. The van der Waals surface area contributed by atoms with Crippen LogP contribution >= 0.6 is 0 Å². The predicted molar refractivity (Wildman–Crippen MR) is 172 cm³/mol. The predicted octanol–water partition coefficient (Wildman–Crippen LogP) is 2.89. The fourth-order valence-corrected chi connectivity index (χ4v) is 5.09. The van der Waals surface area contributed by atoms with Crippen molar-refractivity contribution >= 4 is 21.8 Å². The first-order chi connectivity index (χ1) is 23.3. The highest BCUT2D eigenvalue weighted by Crippen LogP contribution is 2.41. The first-order valence-electron chi connectivity index (χ1n) is 14.5. The molecule has 3 aromatic heterocycles. The summed E-state index contributed by atoms with van der Waals surface area (Å²) in [5, 5.41) is -0.214. The number of para-hydroxylation sites is 2. The molecule has 4 heterocycles. The summed E-state index contributed by atoms with van der Waals surface area (Å²) < 4.78 is 68.4. The normalized spacial score (nSPS) is 12.7. The molecule has 1 aliphatic rings. The second-order valence-electron chi connectivity index (χ2n) is 9.80. The van der Waals surface area contributed by atoms with Crippen LogP contribution in [0.4, 0.5) is 11.8 Å². The molecule has 0 aliphatic carbocycles. The zero-order valence-electron chi connectivity index (χ0n) is 26.6. The SMILES string of the molecule is COc1cc(OC)nc(OCC#CCOc2nc(N3CCOCC3)nc(NS(=O)(=O)c3ccc(C)cn3)c2Oc2ccccc2OC)n1. The second kappa shape index (κ2) is 15.8. The van der Waals surface area contributed by atoms with Crippen LogP contribution in [0.15, 0.2) is 53.7 Å². The summed E-state index contributed by atoms with van der Waals surface area (Å²) in [5.74, 6) is 6.61. The molecular weight excluding hydrogens is 646 g/mol. The number of hydrogen-bond donors (Lipinski definition) is 1. The zero-order valence-corrected chi connectivity index (χ0v) is 27.4. The van der Waals surface area contributed by atoms with Crippen molar-refractivity contribution in [2.45, 2.75) is 11.9 Å². The summed E-state index contributed by atoms with van der Waals surface area (Å²) in [5.41, 5.74) is 0.795. The van der Waals surface area contributed by atoms with Crippen molar-refractivity contribution in [2.24, 2.45) is 0 Å². The first kappa shape index (κ1) is 33.8. The summed E-state index contributed by atoms with van der Waals surface area (Å²) >= 11 is 0. The number of sulfonamides is 1. The molecule has 4 aromatic rings. The molecule has 16 nitrogen and oxygen atoms in total. The lowest BCUT2D eigenvalue weighted by Gasteiger charge is -2.28. The van der Waals surface area contributed by atoms with E-state index in [1.54, 1.807) is 37.3 Å². The summed E-state index contributed by atoms with van der Waals surface area (Å²) in [7, 11) is 0.172. The molecule has 0 atom stereocenters. The Bertz CT molecular complexity index is 1860. The van der Waals surface area contributed by atoms with Gasteiger partial charge in [0.15, 0.2) is 35.6 Å². The van der Waals surface area contributed by atoms with Crippen molar-refractivity contribution in [1.82, 2.24) is 24.9 Å². The van der Waals surface area contributed by atoms with E-state index in [1.807, 2.05) is 4.90 Å². The van der Waals surface area contributed by atoms with Crippen molar-refractivity contribution in [1.29, 1.82) is 0 Å². The highest BCUT2D eigenvalue weighted by Gasteiger charge is 2.27. The van der Waals surface area contributed by atoms with Crippen molar-refractivity contribution < 1.29 is 41.6 Å². The molecule has 0 bridgehead atoms. The quantitative estimate of drug-likeness (QED) is 0.204. The first-order valence-corrected chi connectivity index (χ1v) is 16.0. The maximum absolute atomic E-state index is 13.5. The van der Waals surface area contributed by atoms with E-state index in [4.69, 9.17) is 33.2 Å². The summed E-state index contributed by atoms with van der Waals surface area (Å²) in [4.78, 5) is 23.3. The summed E-state index contributed by atoms with van der Waals surface area (Å²) in [6, 6.07) is 11.4. The number of benzene rings is 1. The minimum Gasteiger partial charge on any atom is -0.493 e. The number of anilines is 2. The molecule has 17 heteroatoms. The number of nitrogens with zero attached hydrogens (tertiary/aromatic N) is 6. The van der Waals surface area contributed by atoms with Gasteiger partial charge in [0.2, 0.25) is 23.5 Å². The third-order valence-corrected chi connectivity index (χ3v) is 7.80. The smallest absolute Gasteiger partial charge is 0.324 e. The Balaban J connectivity index is 1.47. The van der Waals surface area contributed by atoms with E-state index < -0.39 is 10.0 Å². The maximum atomic E-state index is 13.5. The Labute approximate surface area is 277 Å². The Morgan fingerprint density at radius 2 is 1.56 bits per heavy atom. The van der Waals surface area contributed by atoms with Gasteiger partial charge in [-0.15, -0.1) is 0 Å². The molecule has 252 valence electrons. The standard InChI is InChI=1S/C31H33N7O9S/c1-21-11-12-26(32-20-21)48(39,40)37-28-27(47-23-10-6-5-9-22(23)41-2)29(36-30(35-28)38-13-17-44-18-14-38)45-15-7-8-16-46-31-33-24(42-3)19-25(34-31)43-4/h5-6,9-12,19-20H,13-18H2,1-4H3,(H,35,36,37). The average Bonchev–Trinajstić information content (AvgIpc) is 3.11. The van der Waals surface area contributed by atoms with Crippen LogP contribution in [0.25, 0.3) is 0 Å². The van der Waals surface area contributed by atoms with E-state index in [0.717, 1.165) is 5.56 Å². The van der Waals surface area contributed by atoms with Crippen LogP contribution in [0.5, 0.6) is 40.9 Å². The highest BCUT2D eigenvalue weighted by atomic mass is 32.2. The van der Waals surface area contributed by atoms with Gasteiger partial charge in [-0.3, -0.25) is 4.72 Å². The van der Waals surface area contributed by atoms with Crippen LogP contribution in [0, 0.1) is 18.8 Å². The number of pyridine rings is 1. The van der Waals surface area contributed by atoms with Gasteiger partial charge in [0.05, 0.1) is 40.6 Å². The van der Waals surface area contributed by atoms with Crippen molar-refractivity contribution in [2.75, 3.05) is 70.5 Å². The third-order valence-electron chi connectivity index (χ3n) is 6.54. The lowest BCUT2D eigenvalue weighted by molar-refractivity contribution is 0.122. The van der Waals surface area contributed by atoms with E-state index in [-0.39, 0.29) is 65.2 Å². The third kappa shape index (κ3) is 8.60. The van der Waals surface area contributed by atoms with Gasteiger partial charge in [0, 0.05) is 19.3 Å². The van der Waals surface area contributed by atoms with Crippen LogP contribution in [0.2, 0.25) is 0 Å². The van der Waals surface area contributed by atoms with Gasteiger partial charge >= 0.3 is 6.01 Å². The van der Waals surface area contributed by atoms with E-state index in [1.165, 1.54) is 39.7 Å². The molecule has 0 unspecified atom stereocenters. The highest BCUT2D eigenvalue weighted by molar-refractivity contribution is 7.92. The molecule has 0 spiro atoms. The van der Waals surface area contributed by atoms with Crippen molar-refractivity contribution in [3.8, 4) is 52.7 Å². The van der Waals surface area contributed by atoms with Crippen LogP contribution in [0.3, 0.4) is 0 Å². The minimum absolute atomic E-state index is 0.0138. The Morgan fingerprint density at radius 1 is 0.875 bits per heavy atom. The van der Waals surface area contributed by atoms with Crippen LogP contribution in [-0.4, -0.2) is 94.2 Å². The average molecular weight is 680 g/mol. The fraction of sp³-hybridized carbons (Fsp3) is 0.323. The molecule has 48 heavy (non-hydrogen) atoms. The van der Waals surface area contributed by atoms with Gasteiger partial charge in [-0.25, -0.2) is 4.98 Å². The largest absolute Gasteiger partial charge is 0.493 e. The van der Waals surface area contributed by atoms with Crippen LogP contribution < -0.4 is 38.0 Å². The number of morpholine rings is 1. The van der Waals surface area contributed by atoms with Gasteiger partial charge in [-0.2, -0.15) is 28.4 Å². The Hall–Kier alpha value is -5.60. The second-order valence-corrected chi connectivity index (χ2v) is 11.4. The minimum atomic E-state index is -4.23. The molecule has 1 aliphatic heterocycles. The number of aromatic nitrogens is 5. The van der Waals surface area contributed by atoms with Gasteiger partial charge in [-0.05, 0) is 30.7 Å². The molecule has 0 saturated carbocycles. The van der Waals surface area contributed by atoms with Crippen molar-refractivity contribution in [3.05, 3.63) is 54.2 Å². The summed E-state index contributed by atoms with van der Waals surface area (Å²) in [6.45, 7) is 3.33. The summed E-state index contributed by atoms with van der Waals surface area (Å²) in [6.07, 6.45) is 1.45. The van der Waals surface area contributed by atoms with E-state index in [0.29, 0.717) is 32.1 Å². The molecular formula is C31H33N7O9S. The van der Waals surface area contributed by atoms with E-state index >= 15 is 0 Å². The lowest BCUT2D eigenvalue weighted by atomic mass is 10.3. The number of nitrogens with one attached hydrogen (secondary N) is 1.